The van der Waals surface area contributed by atoms with E-state index in [0.29, 0.717) is 23.0 Å². The highest BCUT2D eigenvalue weighted by Gasteiger charge is 2.59. The first-order valence-corrected chi connectivity index (χ1v) is 19.2. The molecule has 0 aromatic rings. The van der Waals surface area contributed by atoms with E-state index >= 15 is 0 Å². The number of fused-ring (bicyclic) bond motifs is 5. The fraction of sp³-hybridized carbons (Fsp3) is 0.920. The molecule has 0 spiro atoms. The van der Waals surface area contributed by atoms with E-state index in [9.17, 15) is 0 Å². The molecule has 0 aliphatic heterocycles. The van der Waals surface area contributed by atoms with Crippen LogP contribution in [0.25, 0.3) is 0 Å². The summed E-state index contributed by atoms with van der Waals surface area (Å²) < 4.78 is 13.3. The molecule has 0 bridgehead atoms. The van der Waals surface area contributed by atoms with Gasteiger partial charge in [0.15, 0.2) is 16.6 Å². The highest BCUT2D eigenvalue weighted by Crippen LogP contribution is 2.65. The number of hydrogen-bond acceptors (Lipinski definition) is 2. The van der Waals surface area contributed by atoms with E-state index in [4.69, 9.17) is 8.85 Å². The molecular weight excluding hydrogens is 388 g/mol. The third-order valence-corrected chi connectivity index (χ3v) is 11.0. The molecule has 2 nitrogen and oxygen atoms in total. The van der Waals surface area contributed by atoms with Gasteiger partial charge in [-0.2, -0.15) is 0 Å². The molecule has 0 aromatic carbocycles. The fourth-order valence-electron chi connectivity index (χ4n) is 7.80. The molecule has 3 fully saturated rings. The second-order valence-corrected chi connectivity index (χ2v) is 22.1. The fourth-order valence-corrected chi connectivity index (χ4v) is 10.2. The van der Waals surface area contributed by atoms with Crippen LogP contribution in [0, 0.1) is 28.6 Å². The van der Waals surface area contributed by atoms with Crippen LogP contribution in [-0.4, -0.2) is 28.8 Å². The molecule has 0 radical (unpaired) electrons. The van der Waals surface area contributed by atoms with E-state index in [-0.39, 0.29) is 0 Å². The molecule has 0 heterocycles. The molecule has 29 heavy (non-hydrogen) atoms. The van der Waals surface area contributed by atoms with Crippen molar-refractivity contribution in [1.29, 1.82) is 0 Å². The predicted molar refractivity (Wildman–Crippen MR) is 128 cm³/mol. The average Bonchev–Trinajstić information content (AvgIpc) is 2.89. The van der Waals surface area contributed by atoms with Crippen LogP contribution < -0.4 is 0 Å². The van der Waals surface area contributed by atoms with Crippen molar-refractivity contribution in [2.75, 3.05) is 0 Å². The van der Waals surface area contributed by atoms with Gasteiger partial charge >= 0.3 is 0 Å². The molecular formula is C25H46O2Si2. The highest BCUT2D eigenvalue weighted by atomic mass is 28.4. The van der Waals surface area contributed by atoms with Crippen LogP contribution in [0.3, 0.4) is 0 Å². The van der Waals surface area contributed by atoms with Crippen molar-refractivity contribution in [2.45, 2.75) is 117 Å². The molecule has 7 atom stereocenters. The van der Waals surface area contributed by atoms with E-state index in [1.165, 1.54) is 51.4 Å². The van der Waals surface area contributed by atoms with Gasteiger partial charge in [0.1, 0.15) is 0 Å². The Morgan fingerprint density at radius 3 is 2.17 bits per heavy atom. The predicted octanol–water partition coefficient (Wildman–Crippen LogP) is 7.39. The number of hydrogen-bond donors (Lipinski definition) is 0. The van der Waals surface area contributed by atoms with Gasteiger partial charge in [-0.3, -0.25) is 0 Å². The smallest absolute Gasteiger partial charge is 0.184 e. The van der Waals surface area contributed by atoms with Crippen molar-refractivity contribution in [3.8, 4) is 0 Å². The Bertz CT molecular complexity index is 661. The quantitative estimate of drug-likeness (QED) is 0.339. The Balaban J connectivity index is 1.53. The summed E-state index contributed by atoms with van der Waals surface area (Å²) in [5, 5.41) is 0. The normalized spacial score (nSPS) is 45.2. The molecule has 0 saturated heterocycles. The lowest BCUT2D eigenvalue weighted by Crippen LogP contribution is -2.52. The van der Waals surface area contributed by atoms with E-state index in [1.807, 2.05) is 0 Å². The Kier molecular flexibility index (Phi) is 5.62. The van der Waals surface area contributed by atoms with Gasteiger partial charge in [-0.05, 0) is 119 Å². The Hall–Kier alpha value is 0.0938. The minimum absolute atomic E-state index is 0.418. The first-order valence-electron chi connectivity index (χ1n) is 12.4. The summed E-state index contributed by atoms with van der Waals surface area (Å²) in [7, 11) is -2.93. The van der Waals surface area contributed by atoms with Gasteiger partial charge in [0.05, 0.1) is 6.10 Å². The molecule has 0 N–H and O–H groups in total. The third kappa shape index (κ3) is 4.13. The van der Waals surface area contributed by atoms with Crippen molar-refractivity contribution >= 4 is 16.6 Å². The SMILES string of the molecule is C[C@]12CCC3C(CC=C4CC(O[Si](C)(C)C)CC[C@@]43C)C1CCC2O[Si](C)(C)C. The van der Waals surface area contributed by atoms with Gasteiger partial charge in [-0.25, -0.2) is 0 Å². The summed E-state index contributed by atoms with van der Waals surface area (Å²) >= 11 is 0. The molecule has 4 heteroatoms. The first kappa shape index (κ1) is 22.3. The maximum atomic E-state index is 6.75. The van der Waals surface area contributed by atoms with Gasteiger partial charge in [0.25, 0.3) is 0 Å². The zero-order valence-corrected chi connectivity index (χ0v) is 22.4. The Labute approximate surface area is 182 Å². The van der Waals surface area contributed by atoms with Gasteiger partial charge < -0.3 is 8.85 Å². The molecule has 4 aliphatic rings. The van der Waals surface area contributed by atoms with Crippen LogP contribution >= 0.6 is 0 Å². The van der Waals surface area contributed by atoms with Crippen LogP contribution in [0.5, 0.6) is 0 Å². The minimum Gasteiger partial charge on any atom is -0.414 e. The zero-order chi connectivity index (χ0) is 21.2. The maximum absolute atomic E-state index is 6.75. The van der Waals surface area contributed by atoms with Gasteiger partial charge in [0, 0.05) is 6.10 Å². The summed E-state index contributed by atoms with van der Waals surface area (Å²) in [6.07, 6.45) is 14.3. The average molecular weight is 435 g/mol. The van der Waals surface area contributed by atoms with E-state index in [2.05, 4.69) is 59.2 Å². The largest absolute Gasteiger partial charge is 0.414 e. The number of allylic oxidation sites excluding steroid dienone is 1. The lowest BCUT2D eigenvalue weighted by Gasteiger charge is -2.58. The van der Waals surface area contributed by atoms with Crippen molar-refractivity contribution in [3.63, 3.8) is 0 Å². The molecule has 4 rings (SSSR count). The van der Waals surface area contributed by atoms with Crippen LogP contribution in [0.15, 0.2) is 11.6 Å². The maximum Gasteiger partial charge on any atom is 0.184 e. The molecule has 4 aliphatic carbocycles. The van der Waals surface area contributed by atoms with Crippen molar-refractivity contribution < 1.29 is 8.85 Å². The monoisotopic (exact) mass is 434 g/mol. The van der Waals surface area contributed by atoms with E-state index < -0.39 is 16.6 Å². The Morgan fingerprint density at radius 2 is 1.52 bits per heavy atom. The summed E-state index contributed by atoms with van der Waals surface area (Å²) in [6, 6.07) is 0. The molecule has 5 unspecified atom stereocenters. The Morgan fingerprint density at radius 1 is 0.828 bits per heavy atom. The topological polar surface area (TPSA) is 18.5 Å². The van der Waals surface area contributed by atoms with Crippen LogP contribution in [0.1, 0.15) is 65.2 Å². The number of rotatable bonds is 4. The standard InChI is InChI=1S/C25H46O2Si2/c1-24-15-13-19(26-28(3,4)5)17-18(24)9-10-20-21-11-12-23(27-29(6,7)8)25(21,2)16-14-22(20)24/h9,19-23H,10-17H2,1-8H3/t19?,20?,21?,22?,23?,24-,25-/m0/s1. The van der Waals surface area contributed by atoms with E-state index in [1.54, 1.807) is 5.57 Å². The summed E-state index contributed by atoms with van der Waals surface area (Å²) in [4.78, 5) is 0. The zero-order valence-electron chi connectivity index (χ0n) is 20.4. The lowest BCUT2D eigenvalue weighted by molar-refractivity contribution is -0.0660. The third-order valence-electron chi connectivity index (χ3n) is 8.99. The van der Waals surface area contributed by atoms with Gasteiger partial charge in [0.2, 0.25) is 0 Å². The van der Waals surface area contributed by atoms with Crippen molar-refractivity contribution in [2.24, 2.45) is 28.6 Å². The van der Waals surface area contributed by atoms with Crippen molar-refractivity contribution in [3.05, 3.63) is 11.6 Å². The molecule has 0 amide bonds. The summed E-state index contributed by atoms with van der Waals surface area (Å²) in [5.41, 5.74) is 2.60. The van der Waals surface area contributed by atoms with Crippen LogP contribution in [0.2, 0.25) is 39.3 Å². The van der Waals surface area contributed by atoms with Gasteiger partial charge in [-0.15, -0.1) is 0 Å². The van der Waals surface area contributed by atoms with Crippen LogP contribution in [-0.2, 0) is 8.85 Å². The first-order chi connectivity index (χ1) is 13.3. The molecule has 0 aromatic heterocycles. The summed E-state index contributed by atoms with van der Waals surface area (Å²) in [5.74, 6) is 2.64. The van der Waals surface area contributed by atoms with E-state index in [0.717, 1.165) is 17.8 Å². The second kappa shape index (κ2) is 7.32. The second-order valence-electron chi connectivity index (χ2n) is 13.2. The molecule has 166 valence electrons. The van der Waals surface area contributed by atoms with Crippen molar-refractivity contribution in [1.82, 2.24) is 0 Å². The van der Waals surface area contributed by atoms with Crippen LogP contribution in [0.4, 0.5) is 0 Å². The summed E-state index contributed by atoms with van der Waals surface area (Å²) in [6.45, 7) is 19.3. The highest BCUT2D eigenvalue weighted by molar-refractivity contribution is 6.70. The lowest BCUT2D eigenvalue weighted by atomic mass is 9.48. The van der Waals surface area contributed by atoms with Gasteiger partial charge in [-0.1, -0.05) is 25.5 Å². The molecule has 3 saturated carbocycles. The minimum atomic E-state index is -1.48.